The van der Waals surface area contributed by atoms with Gasteiger partial charge in [-0.15, -0.1) is 0 Å². The van der Waals surface area contributed by atoms with Gasteiger partial charge in [0, 0.05) is 5.56 Å². The van der Waals surface area contributed by atoms with Crippen molar-refractivity contribution in [2.45, 2.75) is 6.92 Å². The molecule has 7 heteroatoms. The van der Waals surface area contributed by atoms with E-state index in [1.54, 1.807) is 30.3 Å². The Balaban J connectivity index is 1.81. The summed E-state index contributed by atoms with van der Waals surface area (Å²) in [5, 5.41) is 12.0. The van der Waals surface area contributed by atoms with Crippen molar-refractivity contribution in [2.24, 2.45) is 4.99 Å². The Bertz CT molecular complexity index is 904. The summed E-state index contributed by atoms with van der Waals surface area (Å²) in [4.78, 5) is 27.8. The number of carboxylic acids is 1. The van der Waals surface area contributed by atoms with Crippen LogP contribution >= 0.6 is 11.8 Å². The van der Waals surface area contributed by atoms with Crippen molar-refractivity contribution in [3.05, 3.63) is 64.6 Å². The third kappa shape index (κ3) is 4.52. The molecule has 3 rings (SSSR count). The summed E-state index contributed by atoms with van der Waals surface area (Å²) in [7, 11) is 0. The maximum atomic E-state index is 12.2. The highest BCUT2D eigenvalue weighted by Gasteiger charge is 2.24. The molecule has 1 fully saturated rings. The zero-order chi connectivity index (χ0) is 18.5. The fourth-order valence-corrected chi connectivity index (χ4v) is 3.06. The van der Waals surface area contributed by atoms with Gasteiger partial charge in [0.05, 0.1) is 10.6 Å². The van der Waals surface area contributed by atoms with Crippen LogP contribution in [0.15, 0.2) is 58.4 Å². The molecule has 1 amide bonds. The standard InChI is InChI=1S/C19H16N2O4S/c1-12-6-8-14(9-7-12)20-19-21-18(24)16(26-19)10-13-4-2-3-5-15(13)25-11-17(22)23/h2-10H,11H2,1H3,(H,22,23)(H,20,21,24). The number of carbonyl (C=O) groups excluding carboxylic acids is 1. The topological polar surface area (TPSA) is 88.0 Å². The molecular weight excluding hydrogens is 352 g/mol. The second kappa shape index (κ2) is 7.88. The van der Waals surface area contributed by atoms with Gasteiger partial charge in [-0.2, -0.15) is 0 Å². The Kier molecular flexibility index (Phi) is 5.38. The zero-order valence-electron chi connectivity index (χ0n) is 13.9. The van der Waals surface area contributed by atoms with E-state index in [1.807, 2.05) is 31.2 Å². The van der Waals surface area contributed by atoms with E-state index in [9.17, 15) is 9.59 Å². The van der Waals surface area contributed by atoms with Gasteiger partial charge in [0.1, 0.15) is 5.75 Å². The second-order valence-electron chi connectivity index (χ2n) is 5.54. The summed E-state index contributed by atoms with van der Waals surface area (Å²) in [6, 6.07) is 14.6. The lowest BCUT2D eigenvalue weighted by molar-refractivity contribution is -0.139. The monoisotopic (exact) mass is 368 g/mol. The van der Waals surface area contributed by atoms with Gasteiger partial charge in [0.25, 0.3) is 5.91 Å². The van der Waals surface area contributed by atoms with Gasteiger partial charge in [-0.3, -0.25) is 4.79 Å². The van der Waals surface area contributed by atoms with E-state index in [0.717, 1.165) is 11.3 Å². The minimum atomic E-state index is -1.06. The van der Waals surface area contributed by atoms with E-state index >= 15 is 0 Å². The molecule has 2 aromatic rings. The molecule has 0 aromatic heterocycles. The normalized spacial score (nSPS) is 16.7. The lowest BCUT2D eigenvalue weighted by Crippen LogP contribution is -2.19. The summed E-state index contributed by atoms with van der Waals surface area (Å²) in [5.41, 5.74) is 2.52. The first kappa shape index (κ1) is 17.8. The molecule has 0 unspecified atom stereocenters. The second-order valence-corrected chi connectivity index (χ2v) is 6.57. The van der Waals surface area contributed by atoms with Crippen LogP contribution in [0.25, 0.3) is 6.08 Å². The third-order valence-electron chi connectivity index (χ3n) is 3.47. The van der Waals surface area contributed by atoms with Gasteiger partial charge < -0.3 is 15.2 Å². The average molecular weight is 368 g/mol. The van der Waals surface area contributed by atoms with Crippen LogP contribution in [0.4, 0.5) is 5.69 Å². The number of nitrogens with one attached hydrogen (secondary N) is 1. The molecule has 0 atom stereocenters. The Labute approximate surface area is 154 Å². The van der Waals surface area contributed by atoms with E-state index in [2.05, 4.69) is 10.3 Å². The summed E-state index contributed by atoms with van der Waals surface area (Å²) < 4.78 is 5.26. The van der Waals surface area contributed by atoms with E-state index in [1.165, 1.54) is 11.8 Å². The maximum absolute atomic E-state index is 12.2. The molecule has 2 N–H and O–H groups in total. The number of aliphatic carboxylic acids is 1. The Morgan fingerprint density at radius 3 is 2.69 bits per heavy atom. The van der Waals surface area contributed by atoms with Crippen LogP contribution in [0.3, 0.4) is 0 Å². The molecule has 0 radical (unpaired) electrons. The van der Waals surface area contributed by atoms with Crippen molar-refractivity contribution in [3.8, 4) is 5.75 Å². The first-order valence-corrected chi connectivity index (χ1v) is 8.63. The summed E-state index contributed by atoms with van der Waals surface area (Å²) in [6.45, 7) is 1.55. The molecule has 1 saturated heterocycles. The number of aryl methyl sites for hydroxylation is 1. The number of benzene rings is 2. The Morgan fingerprint density at radius 1 is 1.23 bits per heavy atom. The molecule has 0 bridgehead atoms. The number of amidine groups is 1. The first-order chi connectivity index (χ1) is 12.5. The number of hydrogen-bond donors (Lipinski definition) is 2. The van der Waals surface area contributed by atoms with E-state index in [-0.39, 0.29) is 5.91 Å². The zero-order valence-corrected chi connectivity index (χ0v) is 14.7. The van der Waals surface area contributed by atoms with Crippen LogP contribution in [0.5, 0.6) is 5.75 Å². The number of aliphatic imine (C=N–C) groups is 1. The highest BCUT2D eigenvalue weighted by Crippen LogP contribution is 2.30. The number of carboxylic acid groups (broad SMARTS) is 1. The molecule has 26 heavy (non-hydrogen) atoms. The van der Waals surface area contributed by atoms with Gasteiger partial charge in [-0.1, -0.05) is 35.9 Å². The molecule has 0 aliphatic carbocycles. The van der Waals surface area contributed by atoms with Gasteiger partial charge in [-0.05, 0) is 43.0 Å². The first-order valence-electron chi connectivity index (χ1n) is 7.81. The summed E-state index contributed by atoms with van der Waals surface area (Å²) in [5.74, 6) is -0.915. The van der Waals surface area contributed by atoms with Crippen LogP contribution < -0.4 is 10.1 Å². The predicted octanol–water partition coefficient (Wildman–Crippen LogP) is 3.35. The predicted molar refractivity (Wildman–Crippen MR) is 102 cm³/mol. The fraction of sp³-hybridized carbons (Fsp3) is 0.105. The van der Waals surface area contributed by atoms with Crippen molar-refractivity contribution in [1.29, 1.82) is 0 Å². The van der Waals surface area contributed by atoms with Crippen LogP contribution in [0, 0.1) is 6.92 Å². The number of para-hydroxylation sites is 1. The number of rotatable bonds is 5. The fourth-order valence-electron chi connectivity index (χ4n) is 2.23. The minimum absolute atomic E-state index is 0.256. The Hall–Kier alpha value is -3.06. The van der Waals surface area contributed by atoms with Crippen LogP contribution in [-0.4, -0.2) is 28.8 Å². The number of carbonyl (C=O) groups is 2. The van der Waals surface area contributed by atoms with E-state index < -0.39 is 12.6 Å². The number of hydrogen-bond acceptors (Lipinski definition) is 5. The number of amides is 1. The summed E-state index contributed by atoms with van der Waals surface area (Å²) in [6.07, 6.45) is 1.66. The smallest absolute Gasteiger partial charge is 0.341 e. The number of ether oxygens (including phenoxy) is 1. The molecule has 2 aromatic carbocycles. The molecule has 1 heterocycles. The van der Waals surface area contributed by atoms with Crippen LogP contribution in [0.1, 0.15) is 11.1 Å². The highest BCUT2D eigenvalue weighted by molar-refractivity contribution is 8.18. The van der Waals surface area contributed by atoms with Crippen molar-refractivity contribution in [2.75, 3.05) is 6.61 Å². The van der Waals surface area contributed by atoms with E-state index in [0.29, 0.717) is 21.4 Å². The van der Waals surface area contributed by atoms with Gasteiger partial charge in [-0.25, -0.2) is 9.79 Å². The maximum Gasteiger partial charge on any atom is 0.341 e. The molecule has 6 nitrogen and oxygen atoms in total. The van der Waals surface area contributed by atoms with Crippen LogP contribution in [-0.2, 0) is 9.59 Å². The van der Waals surface area contributed by atoms with Gasteiger partial charge in [0.2, 0.25) is 0 Å². The van der Waals surface area contributed by atoms with Crippen molar-refractivity contribution < 1.29 is 19.4 Å². The van der Waals surface area contributed by atoms with Gasteiger partial charge in [0.15, 0.2) is 11.8 Å². The third-order valence-corrected chi connectivity index (χ3v) is 4.38. The van der Waals surface area contributed by atoms with Crippen LogP contribution in [0.2, 0.25) is 0 Å². The quantitative estimate of drug-likeness (QED) is 0.790. The lowest BCUT2D eigenvalue weighted by atomic mass is 10.2. The Morgan fingerprint density at radius 2 is 1.96 bits per heavy atom. The molecule has 132 valence electrons. The van der Waals surface area contributed by atoms with Crippen molar-refractivity contribution in [3.63, 3.8) is 0 Å². The van der Waals surface area contributed by atoms with Gasteiger partial charge >= 0.3 is 5.97 Å². The molecular formula is C19H16N2O4S. The number of nitrogens with zero attached hydrogens (tertiary/aromatic N) is 1. The summed E-state index contributed by atoms with van der Waals surface area (Å²) >= 11 is 1.22. The van der Waals surface area contributed by atoms with E-state index in [4.69, 9.17) is 9.84 Å². The minimum Gasteiger partial charge on any atom is -0.481 e. The highest BCUT2D eigenvalue weighted by atomic mass is 32.2. The largest absolute Gasteiger partial charge is 0.481 e. The SMILES string of the molecule is Cc1ccc(N=C2NC(=O)C(=Cc3ccccc3OCC(=O)O)S2)cc1. The molecule has 1 aliphatic heterocycles. The lowest BCUT2D eigenvalue weighted by Gasteiger charge is -2.06. The van der Waals surface area contributed by atoms with Crippen molar-refractivity contribution in [1.82, 2.24) is 5.32 Å². The average Bonchev–Trinajstić information content (AvgIpc) is 2.95. The molecule has 1 aliphatic rings. The number of thioether (sulfide) groups is 1. The van der Waals surface area contributed by atoms with Crippen molar-refractivity contribution >= 4 is 40.6 Å². The molecule has 0 saturated carbocycles. The molecule has 0 spiro atoms.